The number of hydrogen-bond acceptors (Lipinski definition) is 3. The van der Waals surface area contributed by atoms with Crippen LogP contribution in [0.3, 0.4) is 0 Å². The van der Waals surface area contributed by atoms with Crippen molar-refractivity contribution in [2.24, 2.45) is 0 Å². The lowest BCUT2D eigenvalue weighted by Crippen LogP contribution is -1.96. The van der Waals surface area contributed by atoms with Gasteiger partial charge in [-0.3, -0.25) is 0 Å². The van der Waals surface area contributed by atoms with E-state index in [1.807, 2.05) is 42.5 Å². The average molecular weight is 234 g/mol. The Morgan fingerprint density at radius 3 is 2.25 bits per heavy atom. The summed E-state index contributed by atoms with van der Waals surface area (Å²) in [7, 11) is 0. The highest BCUT2D eigenvalue weighted by Crippen LogP contribution is 2.25. The Bertz CT molecular complexity index is 497. The monoisotopic (exact) mass is 234 g/mol. The van der Waals surface area contributed by atoms with Gasteiger partial charge in [-0.25, -0.2) is 9.47 Å². The molecule has 0 heterocycles. The zero-order chi connectivity index (χ0) is 11.4. The van der Waals surface area contributed by atoms with Gasteiger partial charge < -0.3 is 0 Å². The Morgan fingerprint density at radius 1 is 0.938 bits per heavy atom. The largest absolute Gasteiger partial charge is 0.237 e. The molecular weight excluding hydrogens is 224 g/mol. The maximum absolute atomic E-state index is 11.4. The van der Waals surface area contributed by atoms with Gasteiger partial charge in [0.1, 0.15) is 0 Å². The smallest absolute Gasteiger partial charge is 0.220 e. The molecular formula is C12H10O3S. The van der Waals surface area contributed by atoms with E-state index in [0.29, 0.717) is 4.90 Å². The van der Waals surface area contributed by atoms with Crippen molar-refractivity contribution in [2.75, 3.05) is 0 Å². The van der Waals surface area contributed by atoms with Crippen molar-refractivity contribution in [3.05, 3.63) is 54.6 Å². The predicted octanol–water partition coefficient (Wildman–Crippen LogP) is 2.87. The van der Waals surface area contributed by atoms with Gasteiger partial charge in [-0.1, -0.05) is 48.5 Å². The Kier molecular flexibility index (Phi) is 3.46. The van der Waals surface area contributed by atoms with Crippen molar-refractivity contribution in [1.29, 1.82) is 0 Å². The van der Waals surface area contributed by atoms with Gasteiger partial charge in [0.15, 0.2) is 0 Å². The van der Waals surface area contributed by atoms with Gasteiger partial charge in [0, 0.05) is 5.56 Å². The molecule has 2 rings (SSSR count). The molecule has 3 nitrogen and oxygen atoms in total. The standard InChI is InChI=1S/C12H10O3S/c13-15-16(14)12-9-5-4-8-11(12)10-6-2-1-3-7-10/h1-9,13H. The van der Waals surface area contributed by atoms with Crippen LogP contribution in [0.5, 0.6) is 0 Å². The Morgan fingerprint density at radius 2 is 1.56 bits per heavy atom. The van der Waals surface area contributed by atoms with Crippen LogP contribution < -0.4 is 0 Å². The lowest BCUT2D eigenvalue weighted by molar-refractivity contribution is -0.124. The molecule has 0 radical (unpaired) electrons. The van der Waals surface area contributed by atoms with Crippen LogP contribution in [-0.4, -0.2) is 9.47 Å². The van der Waals surface area contributed by atoms with Crippen molar-refractivity contribution in [1.82, 2.24) is 0 Å². The molecule has 1 atom stereocenters. The maximum atomic E-state index is 11.4. The summed E-state index contributed by atoms with van der Waals surface area (Å²) in [5.74, 6) is 0. The molecule has 1 N–H and O–H groups in total. The highest BCUT2D eigenvalue weighted by atomic mass is 32.2. The number of hydrogen-bond donors (Lipinski definition) is 1. The first-order chi connectivity index (χ1) is 7.83. The molecule has 1 unspecified atom stereocenters. The van der Waals surface area contributed by atoms with E-state index >= 15 is 0 Å². The van der Waals surface area contributed by atoms with Crippen LogP contribution in [-0.2, 0) is 15.4 Å². The zero-order valence-corrected chi connectivity index (χ0v) is 9.18. The third-order valence-corrected chi connectivity index (χ3v) is 3.07. The molecule has 82 valence electrons. The molecule has 0 aliphatic carbocycles. The summed E-state index contributed by atoms with van der Waals surface area (Å²) in [6.45, 7) is 0. The lowest BCUT2D eigenvalue weighted by Gasteiger charge is -2.06. The molecule has 2 aromatic carbocycles. The van der Waals surface area contributed by atoms with Gasteiger partial charge in [0.05, 0.1) is 4.90 Å². The molecule has 16 heavy (non-hydrogen) atoms. The first-order valence-electron chi connectivity index (χ1n) is 4.71. The maximum Gasteiger partial charge on any atom is 0.220 e. The molecule has 0 amide bonds. The highest BCUT2D eigenvalue weighted by Gasteiger charge is 2.10. The summed E-state index contributed by atoms with van der Waals surface area (Å²) in [6, 6.07) is 16.6. The topological polar surface area (TPSA) is 46.5 Å². The van der Waals surface area contributed by atoms with E-state index in [2.05, 4.69) is 4.33 Å². The molecule has 4 heteroatoms. The molecule has 0 spiro atoms. The summed E-state index contributed by atoms with van der Waals surface area (Å²) < 4.78 is 15.3. The zero-order valence-electron chi connectivity index (χ0n) is 8.37. The fraction of sp³-hybridized carbons (Fsp3) is 0. The molecule has 0 aliphatic rings. The summed E-state index contributed by atoms with van der Waals surface area (Å²) in [4.78, 5) is 0.455. The summed E-state index contributed by atoms with van der Waals surface area (Å²) >= 11 is -1.85. The number of rotatable bonds is 3. The van der Waals surface area contributed by atoms with Crippen molar-refractivity contribution >= 4 is 11.1 Å². The minimum Gasteiger partial charge on any atom is -0.237 e. The van der Waals surface area contributed by atoms with E-state index < -0.39 is 11.1 Å². The fourth-order valence-corrected chi connectivity index (χ4v) is 2.14. The van der Waals surface area contributed by atoms with Crippen LogP contribution in [0.2, 0.25) is 0 Å². The van der Waals surface area contributed by atoms with E-state index in [4.69, 9.17) is 5.26 Å². The van der Waals surface area contributed by atoms with Gasteiger partial charge in [-0.05, 0) is 11.6 Å². The molecule has 0 aromatic heterocycles. The highest BCUT2D eigenvalue weighted by molar-refractivity contribution is 7.80. The third kappa shape index (κ3) is 2.19. The van der Waals surface area contributed by atoms with Gasteiger partial charge in [0.2, 0.25) is 11.1 Å². The van der Waals surface area contributed by atoms with Crippen molar-refractivity contribution < 1.29 is 13.8 Å². The second-order valence-corrected chi connectivity index (χ2v) is 4.23. The van der Waals surface area contributed by atoms with E-state index in [0.717, 1.165) is 11.1 Å². The van der Waals surface area contributed by atoms with Gasteiger partial charge in [-0.15, -0.1) is 4.33 Å². The van der Waals surface area contributed by atoms with Crippen LogP contribution in [0.4, 0.5) is 0 Å². The van der Waals surface area contributed by atoms with E-state index in [1.165, 1.54) is 0 Å². The second kappa shape index (κ2) is 5.03. The minimum absolute atomic E-state index is 0.455. The number of benzene rings is 2. The first kappa shape index (κ1) is 11.0. The third-order valence-electron chi connectivity index (χ3n) is 2.22. The SMILES string of the molecule is O=S(OO)c1ccccc1-c1ccccc1. The molecule has 0 aliphatic heterocycles. The minimum atomic E-state index is -1.85. The summed E-state index contributed by atoms with van der Waals surface area (Å²) in [5, 5.41) is 8.46. The summed E-state index contributed by atoms with van der Waals surface area (Å²) in [6.07, 6.45) is 0. The van der Waals surface area contributed by atoms with Crippen molar-refractivity contribution in [2.45, 2.75) is 4.90 Å². The van der Waals surface area contributed by atoms with Crippen LogP contribution in [0.1, 0.15) is 0 Å². The van der Waals surface area contributed by atoms with Crippen LogP contribution >= 0.6 is 0 Å². The van der Waals surface area contributed by atoms with Crippen molar-refractivity contribution in [3.8, 4) is 11.1 Å². The Hall–Kier alpha value is -1.49. The lowest BCUT2D eigenvalue weighted by atomic mass is 10.1. The van der Waals surface area contributed by atoms with Crippen LogP contribution in [0, 0.1) is 0 Å². The average Bonchev–Trinajstić information content (AvgIpc) is 2.39. The van der Waals surface area contributed by atoms with E-state index in [9.17, 15) is 4.21 Å². The molecule has 0 fully saturated rings. The first-order valence-corrected chi connectivity index (χ1v) is 5.78. The van der Waals surface area contributed by atoms with Gasteiger partial charge in [0.25, 0.3) is 0 Å². The quantitative estimate of drug-likeness (QED) is 0.656. The van der Waals surface area contributed by atoms with Gasteiger partial charge >= 0.3 is 0 Å². The van der Waals surface area contributed by atoms with Crippen LogP contribution in [0.15, 0.2) is 59.5 Å². The van der Waals surface area contributed by atoms with E-state index in [-0.39, 0.29) is 0 Å². The van der Waals surface area contributed by atoms with E-state index in [1.54, 1.807) is 12.1 Å². The second-order valence-electron chi connectivity index (χ2n) is 3.17. The normalized spacial score (nSPS) is 12.3. The fourth-order valence-electron chi connectivity index (χ4n) is 1.51. The van der Waals surface area contributed by atoms with Crippen LogP contribution in [0.25, 0.3) is 11.1 Å². The molecule has 0 saturated heterocycles. The van der Waals surface area contributed by atoms with Gasteiger partial charge in [-0.2, -0.15) is 0 Å². The summed E-state index contributed by atoms with van der Waals surface area (Å²) in [5.41, 5.74) is 1.72. The molecule has 0 bridgehead atoms. The molecule has 2 aromatic rings. The molecule has 0 saturated carbocycles. The Labute approximate surface area is 95.9 Å². The van der Waals surface area contributed by atoms with Crippen molar-refractivity contribution in [3.63, 3.8) is 0 Å². The Balaban J connectivity index is 2.53. The predicted molar refractivity (Wildman–Crippen MR) is 62.0 cm³/mol.